The highest BCUT2D eigenvalue weighted by Crippen LogP contribution is 2.30. The van der Waals surface area contributed by atoms with E-state index in [1.54, 1.807) is 0 Å². The predicted octanol–water partition coefficient (Wildman–Crippen LogP) is 3.59. The van der Waals surface area contributed by atoms with E-state index in [1.165, 1.54) is 32.1 Å². The number of rotatable bonds is 4. The van der Waals surface area contributed by atoms with Crippen LogP contribution in [-0.4, -0.2) is 12.1 Å². The van der Waals surface area contributed by atoms with Gasteiger partial charge < -0.3 is 5.32 Å². The molecule has 0 aromatic heterocycles. The molecule has 0 aliphatic heterocycles. The molecule has 0 radical (unpaired) electrons. The van der Waals surface area contributed by atoms with E-state index in [9.17, 15) is 0 Å². The standard InChI is InChI=1S/C13H27N/c1-5-11(3)14-12(4)13-8-6-7-10(2)9-13/h10-14H,5-9H2,1-4H3. The average Bonchev–Trinajstić information content (AvgIpc) is 2.17. The van der Waals surface area contributed by atoms with E-state index in [2.05, 4.69) is 33.0 Å². The Labute approximate surface area is 89.7 Å². The highest BCUT2D eigenvalue weighted by Gasteiger charge is 2.24. The minimum Gasteiger partial charge on any atom is -0.312 e. The van der Waals surface area contributed by atoms with Crippen molar-refractivity contribution in [2.24, 2.45) is 11.8 Å². The van der Waals surface area contributed by atoms with Crippen molar-refractivity contribution in [2.75, 3.05) is 0 Å². The fraction of sp³-hybridized carbons (Fsp3) is 1.00. The Morgan fingerprint density at radius 2 is 2.00 bits per heavy atom. The van der Waals surface area contributed by atoms with Gasteiger partial charge in [-0.2, -0.15) is 0 Å². The van der Waals surface area contributed by atoms with Crippen LogP contribution in [0.1, 0.15) is 59.8 Å². The molecule has 1 saturated carbocycles. The zero-order valence-electron chi connectivity index (χ0n) is 10.3. The first-order valence-corrected chi connectivity index (χ1v) is 6.39. The van der Waals surface area contributed by atoms with Crippen LogP contribution in [0.3, 0.4) is 0 Å². The molecule has 14 heavy (non-hydrogen) atoms. The van der Waals surface area contributed by atoms with E-state index in [-0.39, 0.29) is 0 Å². The van der Waals surface area contributed by atoms with Crippen molar-refractivity contribution in [3.8, 4) is 0 Å². The second-order valence-electron chi connectivity index (χ2n) is 5.30. The molecule has 0 heterocycles. The van der Waals surface area contributed by atoms with Gasteiger partial charge in [-0.25, -0.2) is 0 Å². The minimum absolute atomic E-state index is 0.683. The number of hydrogen-bond donors (Lipinski definition) is 1. The number of hydrogen-bond acceptors (Lipinski definition) is 1. The third kappa shape index (κ3) is 3.61. The van der Waals surface area contributed by atoms with Gasteiger partial charge in [-0.1, -0.05) is 26.7 Å². The molecule has 4 unspecified atom stereocenters. The fourth-order valence-electron chi connectivity index (χ4n) is 2.64. The molecule has 0 saturated heterocycles. The van der Waals surface area contributed by atoms with Gasteiger partial charge >= 0.3 is 0 Å². The summed E-state index contributed by atoms with van der Waals surface area (Å²) < 4.78 is 0. The molecule has 1 rings (SSSR count). The summed E-state index contributed by atoms with van der Waals surface area (Å²) >= 11 is 0. The zero-order valence-corrected chi connectivity index (χ0v) is 10.3. The van der Waals surface area contributed by atoms with E-state index in [0.717, 1.165) is 11.8 Å². The Kier molecular flexibility index (Phi) is 4.94. The summed E-state index contributed by atoms with van der Waals surface area (Å²) in [5.41, 5.74) is 0. The SMILES string of the molecule is CCC(C)NC(C)C1CCCC(C)C1. The van der Waals surface area contributed by atoms with Gasteiger partial charge in [0.2, 0.25) is 0 Å². The maximum absolute atomic E-state index is 3.72. The lowest BCUT2D eigenvalue weighted by Crippen LogP contribution is -2.40. The van der Waals surface area contributed by atoms with Gasteiger partial charge in [-0.05, 0) is 44.9 Å². The van der Waals surface area contributed by atoms with Gasteiger partial charge in [0.25, 0.3) is 0 Å². The molecule has 1 aliphatic rings. The third-order valence-electron chi connectivity index (χ3n) is 3.84. The molecule has 0 bridgehead atoms. The largest absolute Gasteiger partial charge is 0.312 e. The van der Waals surface area contributed by atoms with Crippen LogP contribution >= 0.6 is 0 Å². The summed E-state index contributed by atoms with van der Waals surface area (Å²) in [4.78, 5) is 0. The Morgan fingerprint density at radius 1 is 1.29 bits per heavy atom. The molecule has 1 N–H and O–H groups in total. The van der Waals surface area contributed by atoms with Crippen LogP contribution in [0.4, 0.5) is 0 Å². The second-order valence-corrected chi connectivity index (χ2v) is 5.30. The molecular formula is C13H27N. The summed E-state index contributed by atoms with van der Waals surface area (Å²) in [6.07, 6.45) is 7.01. The summed E-state index contributed by atoms with van der Waals surface area (Å²) in [6, 6.07) is 1.40. The Bertz CT molecular complexity index is 155. The van der Waals surface area contributed by atoms with Crippen LogP contribution in [0.25, 0.3) is 0 Å². The highest BCUT2D eigenvalue weighted by molar-refractivity contribution is 4.79. The second kappa shape index (κ2) is 5.75. The van der Waals surface area contributed by atoms with E-state index >= 15 is 0 Å². The molecule has 1 aliphatic carbocycles. The summed E-state index contributed by atoms with van der Waals surface area (Å²) in [5, 5.41) is 3.72. The van der Waals surface area contributed by atoms with Gasteiger partial charge in [-0.3, -0.25) is 0 Å². The highest BCUT2D eigenvalue weighted by atomic mass is 14.9. The molecule has 0 spiro atoms. The zero-order chi connectivity index (χ0) is 10.6. The van der Waals surface area contributed by atoms with Gasteiger partial charge in [0, 0.05) is 12.1 Å². The first kappa shape index (κ1) is 12.0. The van der Waals surface area contributed by atoms with Crippen LogP contribution < -0.4 is 5.32 Å². The van der Waals surface area contributed by atoms with E-state index in [0.29, 0.717) is 12.1 Å². The molecular weight excluding hydrogens is 170 g/mol. The predicted molar refractivity (Wildman–Crippen MR) is 63.5 cm³/mol. The first-order chi connectivity index (χ1) is 6.63. The van der Waals surface area contributed by atoms with Crippen molar-refractivity contribution in [1.82, 2.24) is 5.32 Å². The van der Waals surface area contributed by atoms with Crippen molar-refractivity contribution in [3.63, 3.8) is 0 Å². The monoisotopic (exact) mass is 197 g/mol. The van der Waals surface area contributed by atoms with Crippen molar-refractivity contribution < 1.29 is 0 Å². The maximum atomic E-state index is 3.72. The quantitative estimate of drug-likeness (QED) is 0.726. The molecule has 84 valence electrons. The molecule has 0 aromatic rings. The Morgan fingerprint density at radius 3 is 2.57 bits per heavy atom. The minimum atomic E-state index is 0.683. The van der Waals surface area contributed by atoms with Crippen molar-refractivity contribution in [2.45, 2.75) is 71.9 Å². The topological polar surface area (TPSA) is 12.0 Å². The summed E-state index contributed by atoms with van der Waals surface area (Å²) in [6.45, 7) is 9.33. The van der Waals surface area contributed by atoms with Crippen LogP contribution in [0.2, 0.25) is 0 Å². The maximum Gasteiger partial charge on any atom is 0.00695 e. The molecule has 0 amide bonds. The van der Waals surface area contributed by atoms with Gasteiger partial charge in [-0.15, -0.1) is 0 Å². The molecule has 1 nitrogen and oxygen atoms in total. The fourth-order valence-corrected chi connectivity index (χ4v) is 2.64. The smallest absolute Gasteiger partial charge is 0.00695 e. The summed E-state index contributed by atoms with van der Waals surface area (Å²) in [5.74, 6) is 1.88. The Hall–Kier alpha value is -0.0400. The van der Waals surface area contributed by atoms with Crippen molar-refractivity contribution in [1.29, 1.82) is 0 Å². The molecule has 4 atom stereocenters. The lowest BCUT2D eigenvalue weighted by molar-refractivity contribution is 0.221. The van der Waals surface area contributed by atoms with Crippen LogP contribution in [0.15, 0.2) is 0 Å². The van der Waals surface area contributed by atoms with Gasteiger partial charge in [0.15, 0.2) is 0 Å². The molecule has 0 aromatic carbocycles. The van der Waals surface area contributed by atoms with Crippen LogP contribution in [0.5, 0.6) is 0 Å². The van der Waals surface area contributed by atoms with E-state index in [1.807, 2.05) is 0 Å². The number of nitrogens with one attached hydrogen (secondary N) is 1. The lowest BCUT2D eigenvalue weighted by Gasteiger charge is -2.33. The Balaban J connectivity index is 2.31. The third-order valence-corrected chi connectivity index (χ3v) is 3.84. The summed E-state index contributed by atoms with van der Waals surface area (Å²) in [7, 11) is 0. The first-order valence-electron chi connectivity index (χ1n) is 6.39. The van der Waals surface area contributed by atoms with Gasteiger partial charge in [0.1, 0.15) is 0 Å². The molecule has 1 heteroatoms. The molecule has 1 fully saturated rings. The van der Waals surface area contributed by atoms with Gasteiger partial charge in [0.05, 0.1) is 0 Å². The van der Waals surface area contributed by atoms with E-state index < -0.39 is 0 Å². The van der Waals surface area contributed by atoms with Crippen LogP contribution in [-0.2, 0) is 0 Å². The lowest BCUT2D eigenvalue weighted by atomic mass is 9.79. The van der Waals surface area contributed by atoms with E-state index in [4.69, 9.17) is 0 Å². The van der Waals surface area contributed by atoms with Crippen molar-refractivity contribution in [3.05, 3.63) is 0 Å². The van der Waals surface area contributed by atoms with Crippen LogP contribution in [0, 0.1) is 11.8 Å². The van der Waals surface area contributed by atoms with Crippen molar-refractivity contribution >= 4 is 0 Å². The normalized spacial score (nSPS) is 32.6. The average molecular weight is 197 g/mol.